The third-order valence-electron chi connectivity index (χ3n) is 6.50. The number of carbonyl (C=O) groups is 2. The van der Waals surface area contributed by atoms with Crippen molar-refractivity contribution in [1.29, 1.82) is 0 Å². The molecule has 0 aromatic heterocycles. The van der Waals surface area contributed by atoms with Crippen molar-refractivity contribution in [3.05, 3.63) is 83.4 Å². The fourth-order valence-corrected chi connectivity index (χ4v) is 4.69. The topological polar surface area (TPSA) is 79.5 Å². The lowest BCUT2D eigenvalue weighted by atomic mass is 9.84. The standard InChI is InChI=1S/C28H28F3N3O3/c1-16(2)24(26(35)37-3)25-21-13-10-18(14-19(21)15-32-25)17-8-11-20(12-9-17)33-27(36)34-23-7-5-4-6-22(23)28(29,30)31/h4-14,16,24-25,32H,15H2,1-3H3,(H2,33,34,36). The summed E-state index contributed by atoms with van der Waals surface area (Å²) in [6, 6.07) is 17.0. The van der Waals surface area contributed by atoms with Crippen molar-refractivity contribution < 1.29 is 27.5 Å². The summed E-state index contributed by atoms with van der Waals surface area (Å²) in [5.41, 5.74) is 3.25. The van der Waals surface area contributed by atoms with Crippen LogP contribution in [0.3, 0.4) is 0 Å². The summed E-state index contributed by atoms with van der Waals surface area (Å²) in [5.74, 6) is -0.426. The fourth-order valence-electron chi connectivity index (χ4n) is 4.69. The van der Waals surface area contributed by atoms with E-state index < -0.39 is 17.8 Å². The zero-order valence-electron chi connectivity index (χ0n) is 20.6. The molecule has 0 spiro atoms. The van der Waals surface area contributed by atoms with Gasteiger partial charge in [-0.2, -0.15) is 13.2 Å². The number of hydrogen-bond donors (Lipinski definition) is 3. The van der Waals surface area contributed by atoms with E-state index >= 15 is 0 Å². The highest BCUT2D eigenvalue weighted by Gasteiger charge is 2.37. The number of anilines is 2. The lowest BCUT2D eigenvalue weighted by molar-refractivity contribution is -0.148. The monoisotopic (exact) mass is 511 g/mol. The van der Waals surface area contributed by atoms with Gasteiger partial charge in [0, 0.05) is 18.3 Å². The fraction of sp³-hybridized carbons (Fsp3) is 0.286. The summed E-state index contributed by atoms with van der Waals surface area (Å²) in [7, 11) is 1.40. The Morgan fingerprint density at radius 2 is 1.65 bits per heavy atom. The second-order valence-corrected chi connectivity index (χ2v) is 9.26. The van der Waals surface area contributed by atoms with E-state index in [-0.39, 0.29) is 29.5 Å². The lowest BCUT2D eigenvalue weighted by Gasteiger charge is -2.25. The van der Waals surface area contributed by atoms with Crippen LogP contribution < -0.4 is 16.0 Å². The number of rotatable bonds is 6. The number of hydrogen-bond acceptors (Lipinski definition) is 4. The molecule has 0 saturated heterocycles. The van der Waals surface area contributed by atoms with Crippen molar-refractivity contribution in [2.75, 3.05) is 17.7 Å². The molecule has 3 aromatic rings. The summed E-state index contributed by atoms with van der Waals surface area (Å²) in [5, 5.41) is 8.26. The van der Waals surface area contributed by atoms with Crippen LogP contribution in [0.5, 0.6) is 0 Å². The van der Waals surface area contributed by atoms with Gasteiger partial charge in [0.15, 0.2) is 0 Å². The first-order chi connectivity index (χ1) is 17.6. The van der Waals surface area contributed by atoms with E-state index in [0.717, 1.165) is 28.3 Å². The first-order valence-corrected chi connectivity index (χ1v) is 11.9. The van der Waals surface area contributed by atoms with Crippen LogP contribution in [0.15, 0.2) is 66.7 Å². The number of methoxy groups -OCH3 is 1. The molecule has 2 amide bonds. The number of amides is 2. The largest absolute Gasteiger partial charge is 0.469 e. The van der Waals surface area contributed by atoms with Crippen LogP contribution in [0.4, 0.5) is 29.3 Å². The van der Waals surface area contributed by atoms with Gasteiger partial charge in [-0.3, -0.25) is 4.79 Å². The number of halogens is 3. The smallest absolute Gasteiger partial charge is 0.418 e. The van der Waals surface area contributed by atoms with Crippen LogP contribution in [-0.4, -0.2) is 19.1 Å². The van der Waals surface area contributed by atoms with Gasteiger partial charge < -0.3 is 20.7 Å². The summed E-state index contributed by atoms with van der Waals surface area (Å²) in [6.07, 6.45) is -4.58. The number of para-hydroxylation sites is 1. The minimum atomic E-state index is -4.58. The number of alkyl halides is 3. The molecule has 1 heterocycles. The van der Waals surface area contributed by atoms with Crippen LogP contribution in [-0.2, 0) is 22.3 Å². The van der Waals surface area contributed by atoms with Gasteiger partial charge in [-0.15, -0.1) is 0 Å². The molecule has 194 valence electrons. The lowest BCUT2D eigenvalue weighted by Crippen LogP contribution is -2.33. The highest BCUT2D eigenvalue weighted by molar-refractivity contribution is 6.00. The maximum absolute atomic E-state index is 13.2. The molecule has 3 N–H and O–H groups in total. The molecule has 0 bridgehead atoms. The summed E-state index contributed by atoms with van der Waals surface area (Å²) < 4.78 is 44.5. The molecule has 9 heteroatoms. The third-order valence-corrected chi connectivity index (χ3v) is 6.50. The van der Waals surface area contributed by atoms with Crippen molar-refractivity contribution >= 4 is 23.4 Å². The average molecular weight is 512 g/mol. The van der Waals surface area contributed by atoms with Crippen molar-refractivity contribution in [1.82, 2.24) is 5.32 Å². The molecule has 0 fully saturated rings. The maximum Gasteiger partial charge on any atom is 0.418 e. The van der Waals surface area contributed by atoms with Crippen LogP contribution in [0.25, 0.3) is 11.1 Å². The van der Waals surface area contributed by atoms with E-state index in [0.29, 0.717) is 12.2 Å². The van der Waals surface area contributed by atoms with Gasteiger partial charge in [-0.05, 0) is 58.5 Å². The first kappa shape index (κ1) is 26.2. The number of carbonyl (C=O) groups excluding carboxylic acids is 2. The molecule has 4 rings (SSSR count). The van der Waals surface area contributed by atoms with Crippen LogP contribution in [0, 0.1) is 11.8 Å². The van der Waals surface area contributed by atoms with E-state index in [1.54, 1.807) is 12.1 Å². The number of nitrogens with one attached hydrogen (secondary N) is 3. The van der Waals surface area contributed by atoms with Gasteiger partial charge >= 0.3 is 18.2 Å². The van der Waals surface area contributed by atoms with Crippen molar-refractivity contribution in [2.45, 2.75) is 32.6 Å². The van der Waals surface area contributed by atoms with Gasteiger partial charge in [-0.1, -0.05) is 50.2 Å². The van der Waals surface area contributed by atoms with Gasteiger partial charge in [0.1, 0.15) is 0 Å². The molecule has 2 unspecified atom stereocenters. The Bertz CT molecular complexity index is 1290. The molecule has 0 aliphatic carbocycles. The molecular formula is C28H28F3N3O3. The normalized spacial score (nSPS) is 15.7. The number of fused-ring (bicyclic) bond motifs is 1. The molecule has 2 atom stereocenters. The zero-order chi connectivity index (χ0) is 26.7. The number of ether oxygens (including phenoxy) is 1. The van der Waals surface area contributed by atoms with Crippen molar-refractivity contribution in [3.8, 4) is 11.1 Å². The van der Waals surface area contributed by atoms with Gasteiger partial charge in [0.2, 0.25) is 0 Å². The van der Waals surface area contributed by atoms with Crippen molar-refractivity contribution in [2.24, 2.45) is 11.8 Å². The van der Waals surface area contributed by atoms with E-state index in [2.05, 4.69) is 22.0 Å². The molecule has 3 aromatic carbocycles. The number of urea groups is 1. The Morgan fingerprint density at radius 1 is 0.973 bits per heavy atom. The number of benzene rings is 3. The second kappa shape index (κ2) is 10.6. The highest BCUT2D eigenvalue weighted by Crippen LogP contribution is 2.38. The highest BCUT2D eigenvalue weighted by atomic mass is 19.4. The molecule has 0 saturated carbocycles. The number of esters is 1. The predicted molar refractivity (Wildman–Crippen MR) is 136 cm³/mol. The van der Waals surface area contributed by atoms with Gasteiger partial charge in [-0.25, -0.2) is 4.79 Å². The quantitative estimate of drug-likeness (QED) is 0.326. The maximum atomic E-state index is 13.2. The second-order valence-electron chi connectivity index (χ2n) is 9.26. The van der Waals surface area contributed by atoms with Crippen LogP contribution >= 0.6 is 0 Å². The minimum Gasteiger partial charge on any atom is -0.469 e. The first-order valence-electron chi connectivity index (χ1n) is 11.9. The van der Waals surface area contributed by atoms with Gasteiger partial charge in [0.25, 0.3) is 0 Å². The Kier molecular flexibility index (Phi) is 7.54. The average Bonchev–Trinajstić information content (AvgIpc) is 3.26. The third kappa shape index (κ3) is 5.77. The SMILES string of the molecule is COC(=O)C(C(C)C)C1NCc2cc(-c3ccc(NC(=O)Nc4ccccc4C(F)(F)F)cc3)ccc21. The van der Waals surface area contributed by atoms with Gasteiger partial charge in [0.05, 0.1) is 24.3 Å². The molecule has 37 heavy (non-hydrogen) atoms. The van der Waals surface area contributed by atoms with Crippen LogP contribution in [0.1, 0.15) is 36.6 Å². The van der Waals surface area contributed by atoms with E-state index in [1.807, 2.05) is 38.1 Å². The van der Waals surface area contributed by atoms with Crippen molar-refractivity contribution in [3.63, 3.8) is 0 Å². The summed E-state index contributed by atoms with van der Waals surface area (Å²) in [4.78, 5) is 24.7. The molecular weight excluding hydrogens is 483 g/mol. The molecule has 0 radical (unpaired) electrons. The molecule has 6 nitrogen and oxygen atoms in total. The summed E-state index contributed by atoms with van der Waals surface area (Å²) >= 11 is 0. The molecule has 1 aliphatic rings. The zero-order valence-corrected chi connectivity index (χ0v) is 20.6. The Morgan fingerprint density at radius 3 is 2.30 bits per heavy atom. The Balaban J connectivity index is 1.46. The summed E-state index contributed by atoms with van der Waals surface area (Å²) in [6.45, 7) is 4.63. The van der Waals surface area contributed by atoms with Crippen LogP contribution in [0.2, 0.25) is 0 Å². The van der Waals surface area contributed by atoms with E-state index in [1.165, 1.54) is 25.3 Å². The van der Waals surface area contributed by atoms with E-state index in [9.17, 15) is 22.8 Å². The molecule has 1 aliphatic heterocycles. The Hall–Kier alpha value is -3.85. The Labute approximate surface area is 213 Å². The van der Waals surface area contributed by atoms with E-state index in [4.69, 9.17) is 4.74 Å². The predicted octanol–water partition coefficient (Wildman–Crippen LogP) is 6.61. The minimum absolute atomic E-state index is 0.106.